The van der Waals surface area contributed by atoms with Crippen LogP contribution in [-0.4, -0.2) is 28.5 Å². The van der Waals surface area contributed by atoms with Gasteiger partial charge in [0.15, 0.2) is 6.10 Å². The first-order valence-corrected chi connectivity index (χ1v) is 8.24. The van der Waals surface area contributed by atoms with Gasteiger partial charge in [0, 0.05) is 17.0 Å². The summed E-state index contributed by atoms with van der Waals surface area (Å²) in [7, 11) is 0. The van der Waals surface area contributed by atoms with Crippen molar-refractivity contribution in [3.63, 3.8) is 0 Å². The molecule has 136 valence electrons. The molecule has 26 heavy (non-hydrogen) atoms. The van der Waals surface area contributed by atoms with Crippen LogP contribution in [0.1, 0.15) is 38.1 Å². The molecular formula is C19H21N3O4. The number of aromatic nitrogens is 1. The lowest BCUT2D eigenvalue weighted by molar-refractivity contribution is -0.130. The highest BCUT2D eigenvalue weighted by Crippen LogP contribution is 2.18. The largest absolute Gasteiger partial charge is 0.449 e. The summed E-state index contributed by atoms with van der Waals surface area (Å²) >= 11 is 0. The summed E-state index contributed by atoms with van der Waals surface area (Å²) in [5.74, 6) is -1.49. The van der Waals surface area contributed by atoms with E-state index in [0.717, 1.165) is 6.07 Å². The molecule has 0 aliphatic carbocycles. The fourth-order valence-corrected chi connectivity index (χ4v) is 2.31. The van der Waals surface area contributed by atoms with Gasteiger partial charge in [0.1, 0.15) is 5.54 Å². The van der Waals surface area contributed by atoms with Crippen LogP contribution in [0.2, 0.25) is 0 Å². The van der Waals surface area contributed by atoms with Gasteiger partial charge in [0.05, 0.1) is 11.6 Å². The molecule has 7 heteroatoms. The SMILES string of the molecule is CC(C)[C@](C)(C#N)NC(=O)[C@@H](C)OC(=O)c1cc(=O)[nH]c2ccccc12. The van der Waals surface area contributed by atoms with Crippen LogP contribution in [0.3, 0.4) is 0 Å². The van der Waals surface area contributed by atoms with Crippen LogP contribution in [-0.2, 0) is 9.53 Å². The quantitative estimate of drug-likeness (QED) is 0.798. The molecule has 1 aromatic carbocycles. The summed E-state index contributed by atoms with van der Waals surface area (Å²) in [6, 6.07) is 10.0. The summed E-state index contributed by atoms with van der Waals surface area (Å²) in [4.78, 5) is 39.2. The van der Waals surface area contributed by atoms with Gasteiger partial charge in [-0.3, -0.25) is 9.59 Å². The number of carbonyl (C=O) groups is 2. The molecule has 1 heterocycles. The fourth-order valence-electron chi connectivity index (χ4n) is 2.31. The minimum atomic E-state index is -1.12. The number of hydrogen-bond donors (Lipinski definition) is 2. The minimum Gasteiger partial charge on any atom is -0.449 e. The van der Waals surface area contributed by atoms with E-state index in [9.17, 15) is 19.6 Å². The lowest BCUT2D eigenvalue weighted by Crippen LogP contribution is -2.52. The van der Waals surface area contributed by atoms with E-state index < -0.39 is 29.1 Å². The Morgan fingerprint density at radius 2 is 1.92 bits per heavy atom. The monoisotopic (exact) mass is 355 g/mol. The zero-order chi connectivity index (χ0) is 19.5. The molecule has 2 atom stereocenters. The van der Waals surface area contributed by atoms with E-state index in [-0.39, 0.29) is 11.5 Å². The van der Waals surface area contributed by atoms with E-state index in [2.05, 4.69) is 16.4 Å². The highest BCUT2D eigenvalue weighted by Gasteiger charge is 2.32. The van der Waals surface area contributed by atoms with Crippen molar-refractivity contribution in [3.8, 4) is 6.07 Å². The Morgan fingerprint density at radius 3 is 2.54 bits per heavy atom. The van der Waals surface area contributed by atoms with Gasteiger partial charge in [0.25, 0.3) is 5.91 Å². The van der Waals surface area contributed by atoms with E-state index in [1.54, 1.807) is 31.2 Å². The van der Waals surface area contributed by atoms with E-state index in [4.69, 9.17) is 4.74 Å². The zero-order valence-corrected chi connectivity index (χ0v) is 15.1. The van der Waals surface area contributed by atoms with Crippen LogP contribution in [0.5, 0.6) is 0 Å². The first-order chi connectivity index (χ1) is 12.2. The number of fused-ring (bicyclic) bond motifs is 1. The van der Waals surface area contributed by atoms with Crippen molar-refractivity contribution in [2.45, 2.75) is 39.3 Å². The van der Waals surface area contributed by atoms with Crippen LogP contribution in [0.4, 0.5) is 0 Å². The normalized spacial score (nSPS) is 14.3. The number of amides is 1. The molecule has 2 N–H and O–H groups in total. The smallest absolute Gasteiger partial charge is 0.339 e. The van der Waals surface area contributed by atoms with Crippen molar-refractivity contribution in [1.82, 2.24) is 10.3 Å². The van der Waals surface area contributed by atoms with Crippen molar-refractivity contribution >= 4 is 22.8 Å². The van der Waals surface area contributed by atoms with Crippen molar-refractivity contribution in [2.24, 2.45) is 5.92 Å². The van der Waals surface area contributed by atoms with Gasteiger partial charge in [-0.15, -0.1) is 0 Å². The number of benzene rings is 1. The maximum atomic E-state index is 12.5. The number of aromatic amines is 1. The summed E-state index contributed by atoms with van der Waals surface area (Å²) in [5.41, 5.74) is -0.935. The van der Waals surface area contributed by atoms with E-state index in [1.807, 2.05) is 13.8 Å². The number of pyridine rings is 1. The van der Waals surface area contributed by atoms with E-state index >= 15 is 0 Å². The van der Waals surface area contributed by atoms with Gasteiger partial charge >= 0.3 is 5.97 Å². The maximum Gasteiger partial charge on any atom is 0.339 e. The Balaban J connectivity index is 2.21. The molecule has 1 amide bonds. The molecule has 0 aliphatic heterocycles. The number of ether oxygens (including phenoxy) is 1. The standard InChI is InChI=1S/C19H21N3O4/c1-11(2)19(4,10-20)22-17(24)12(3)26-18(25)14-9-16(23)21-15-8-6-5-7-13(14)15/h5-9,11-12H,1-4H3,(H,21,23)(H,22,24)/t12-,19+/m1/s1. The molecule has 0 saturated carbocycles. The molecule has 7 nitrogen and oxygen atoms in total. The zero-order valence-electron chi connectivity index (χ0n) is 15.1. The lowest BCUT2D eigenvalue weighted by Gasteiger charge is -2.28. The van der Waals surface area contributed by atoms with Gasteiger partial charge in [0.2, 0.25) is 5.56 Å². The Morgan fingerprint density at radius 1 is 1.27 bits per heavy atom. The topological polar surface area (TPSA) is 112 Å². The Bertz CT molecular complexity index is 942. The predicted octanol–water partition coefficient (Wildman–Crippen LogP) is 2.13. The number of nitriles is 1. The Kier molecular flexibility index (Phi) is 5.46. The lowest BCUT2D eigenvalue weighted by atomic mass is 9.90. The molecule has 0 unspecified atom stereocenters. The van der Waals surface area contributed by atoms with Gasteiger partial charge < -0.3 is 15.0 Å². The van der Waals surface area contributed by atoms with E-state index in [1.165, 1.54) is 6.92 Å². The summed E-state index contributed by atoms with van der Waals surface area (Å²) in [6.45, 7) is 6.64. The van der Waals surface area contributed by atoms with Crippen LogP contribution in [0.15, 0.2) is 35.1 Å². The second-order valence-electron chi connectivity index (χ2n) is 6.60. The molecule has 2 rings (SSSR count). The minimum absolute atomic E-state index is 0.0795. The number of nitrogens with one attached hydrogen (secondary N) is 2. The summed E-state index contributed by atoms with van der Waals surface area (Å²) in [5, 5.41) is 12.4. The second kappa shape index (κ2) is 7.40. The Labute approximate surface area is 151 Å². The van der Waals surface area contributed by atoms with Crippen LogP contribution < -0.4 is 10.9 Å². The molecule has 0 aliphatic rings. The van der Waals surface area contributed by atoms with Crippen molar-refractivity contribution < 1.29 is 14.3 Å². The molecule has 2 aromatic rings. The average molecular weight is 355 g/mol. The van der Waals surface area contributed by atoms with Crippen molar-refractivity contribution in [3.05, 3.63) is 46.2 Å². The van der Waals surface area contributed by atoms with Crippen LogP contribution >= 0.6 is 0 Å². The fraction of sp³-hybridized carbons (Fsp3) is 0.368. The summed E-state index contributed by atoms with van der Waals surface area (Å²) in [6.07, 6.45) is -1.12. The van der Waals surface area contributed by atoms with Crippen molar-refractivity contribution in [2.75, 3.05) is 0 Å². The van der Waals surface area contributed by atoms with Gasteiger partial charge in [-0.05, 0) is 25.8 Å². The van der Waals surface area contributed by atoms with Crippen LogP contribution in [0.25, 0.3) is 10.9 Å². The number of carbonyl (C=O) groups excluding carboxylic acids is 2. The number of rotatable bonds is 5. The molecular weight excluding hydrogens is 334 g/mol. The number of hydrogen-bond acceptors (Lipinski definition) is 5. The third kappa shape index (κ3) is 3.91. The first kappa shape index (κ1) is 19.2. The molecule has 1 aromatic heterocycles. The number of esters is 1. The molecule has 0 fully saturated rings. The molecule has 0 saturated heterocycles. The first-order valence-electron chi connectivity index (χ1n) is 8.24. The van der Waals surface area contributed by atoms with Crippen LogP contribution in [0, 0.1) is 17.2 Å². The highest BCUT2D eigenvalue weighted by molar-refractivity contribution is 6.04. The van der Waals surface area contributed by atoms with E-state index in [0.29, 0.717) is 10.9 Å². The molecule has 0 spiro atoms. The molecule has 0 radical (unpaired) electrons. The average Bonchev–Trinajstić information content (AvgIpc) is 2.60. The number of para-hydroxylation sites is 1. The maximum absolute atomic E-state index is 12.5. The highest BCUT2D eigenvalue weighted by atomic mass is 16.5. The van der Waals surface area contributed by atoms with Gasteiger partial charge in [-0.25, -0.2) is 4.79 Å². The molecule has 0 bridgehead atoms. The number of H-pyrrole nitrogens is 1. The second-order valence-corrected chi connectivity index (χ2v) is 6.60. The summed E-state index contributed by atoms with van der Waals surface area (Å²) < 4.78 is 5.22. The van der Waals surface area contributed by atoms with Crippen molar-refractivity contribution in [1.29, 1.82) is 5.26 Å². The third-order valence-corrected chi connectivity index (χ3v) is 4.39. The Hall–Kier alpha value is -3.14. The number of nitrogens with zero attached hydrogens (tertiary/aromatic N) is 1. The predicted molar refractivity (Wildman–Crippen MR) is 96.4 cm³/mol. The third-order valence-electron chi connectivity index (χ3n) is 4.39. The van der Waals surface area contributed by atoms with Gasteiger partial charge in [-0.2, -0.15) is 5.26 Å². The van der Waals surface area contributed by atoms with Gasteiger partial charge in [-0.1, -0.05) is 32.0 Å².